The topological polar surface area (TPSA) is 96.0 Å². The number of nitrogen functional groups attached to an aromatic ring is 1. The van der Waals surface area contributed by atoms with Crippen LogP contribution in [0.3, 0.4) is 0 Å². The molecule has 0 aromatic heterocycles. The molecule has 0 spiro atoms. The summed E-state index contributed by atoms with van der Waals surface area (Å²) in [4.78, 5) is -0.196. The summed E-state index contributed by atoms with van der Waals surface area (Å²) in [7, 11) is -3.95. The summed E-state index contributed by atoms with van der Waals surface area (Å²) in [6.45, 7) is 1.72. The first kappa shape index (κ1) is 15.0. The number of aryl methyl sites for hydroxylation is 1. The highest BCUT2D eigenvalue weighted by molar-refractivity contribution is 7.92. The minimum Gasteiger partial charge on any atom is -0.384 e. The minimum atomic E-state index is -3.95. The molecule has 0 aliphatic carbocycles. The molecule has 4 N–H and O–H groups in total. The number of amidine groups is 1. The third-order valence-electron chi connectivity index (χ3n) is 2.89. The van der Waals surface area contributed by atoms with Crippen LogP contribution in [0.1, 0.15) is 11.1 Å². The molecule has 0 unspecified atom stereocenters. The highest BCUT2D eigenvalue weighted by Crippen LogP contribution is 2.22. The molecule has 0 aliphatic heterocycles. The number of nitrogens with two attached hydrogens (primary N) is 1. The van der Waals surface area contributed by atoms with E-state index >= 15 is 0 Å². The molecule has 0 atom stereocenters. The zero-order valence-corrected chi connectivity index (χ0v) is 12.0. The SMILES string of the molecule is Cc1cccc(NS(=O)(=O)c2cccc(F)c2)c1C(=N)N. The van der Waals surface area contributed by atoms with Crippen molar-refractivity contribution in [1.82, 2.24) is 0 Å². The average molecular weight is 307 g/mol. The Hall–Kier alpha value is -2.41. The van der Waals surface area contributed by atoms with Crippen LogP contribution in [-0.4, -0.2) is 14.3 Å². The van der Waals surface area contributed by atoms with E-state index < -0.39 is 15.8 Å². The number of halogens is 1. The van der Waals surface area contributed by atoms with Crippen LogP contribution in [0, 0.1) is 18.2 Å². The maximum atomic E-state index is 13.2. The van der Waals surface area contributed by atoms with Crippen LogP contribution in [0.25, 0.3) is 0 Å². The minimum absolute atomic E-state index is 0.187. The van der Waals surface area contributed by atoms with Gasteiger partial charge in [-0.3, -0.25) is 10.1 Å². The van der Waals surface area contributed by atoms with E-state index in [0.717, 1.165) is 12.1 Å². The van der Waals surface area contributed by atoms with Gasteiger partial charge in [-0.25, -0.2) is 12.8 Å². The van der Waals surface area contributed by atoms with Gasteiger partial charge in [-0.05, 0) is 36.8 Å². The Kier molecular flexibility index (Phi) is 3.95. The zero-order valence-electron chi connectivity index (χ0n) is 11.2. The molecule has 5 nitrogen and oxygen atoms in total. The van der Waals surface area contributed by atoms with E-state index in [0.29, 0.717) is 11.1 Å². The van der Waals surface area contributed by atoms with E-state index in [1.165, 1.54) is 18.2 Å². The lowest BCUT2D eigenvalue weighted by Gasteiger charge is -2.13. The van der Waals surface area contributed by atoms with Gasteiger partial charge in [0.2, 0.25) is 0 Å². The van der Waals surface area contributed by atoms with Crippen molar-refractivity contribution >= 4 is 21.5 Å². The molecule has 0 fully saturated rings. The van der Waals surface area contributed by atoms with Crippen LogP contribution in [-0.2, 0) is 10.0 Å². The smallest absolute Gasteiger partial charge is 0.262 e. The maximum Gasteiger partial charge on any atom is 0.262 e. The Balaban J connectivity index is 2.47. The van der Waals surface area contributed by atoms with Gasteiger partial charge >= 0.3 is 0 Å². The molecule has 0 bridgehead atoms. The molecule has 2 aromatic carbocycles. The van der Waals surface area contributed by atoms with Gasteiger partial charge in [-0.1, -0.05) is 18.2 Å². The summed E-state index contributed by atoms with van der Waals surface area (Å²) in [5.74, 6) is -0.890. The molecule has 2 aromatic rings. The lowest BCUT2D eigenvalue weighted by atomic mass is 10.1. The van der Waals surface area contributed by atoms with Crippen molar-refractivity contribution in [3.63, 3.8) is 0 Å². The van der Waals surface area contributed by atoms with Crippen LogP contribution < -0.4 is 10.5 Å². The van der Waals surface area contributed by atoms with E-state index in [9.17, 15) is 12.8 Å². The molecule has 2 rings (SSSR count). The van der Waals surface area contributed by atoms with Gasteiger partial charge in [-0.2, -0.15) is 0 Å². The van der Waals surface area contributed by atoms with Crippen LogP contribution in [0.4, 0.5) is 10.1 Å². The third kappa shape index (κ3) is 3.19. The molecule has 0 radical (unpaired) electrons. The molecular formula is C14H14FN3O2S. The van der Waals surface area contributed by atoms with Crippen LogP contribution in [0.15, 0.2) is 47.4 Å². The van der Waals surface area contributed by atoms with Crippen molar-refractivity contribution in [2.75, 3.05) is 4.72 Å². The summed E-state index contributed by atoms with van der Waals surface area (Å²) in [5, 5.41) is 7.55. The second kappa shape index (κ2) is 5.53. The first-order valence-corrected chi connectivity index (χ1v) is 7.52. The van der Waals surface area contributed by atoms with Gasteiger partial charge in [0.15, 0.2) is 0 Å². The van der Waals surface area contributed by atoms with E-state index in [2.05, 4.69) is 4.72 Å². The van der Waals surface area contributed by atoms with Crippen molar-refractivity contribution in [2.45, 2.75) is 11.8 Å². The van der Waals surface area contributed by atoms with Gasteiger partial charge in [0.1, 0.15) is 11.7 Å². The number of nitrogens with one attached hydrogen (secondary N) is 2. The summed E-state index contributed by atoms with van der Waals surface area (Å²) in [6.07, 6.45) is 0. The number of anilines is 1. The largest absolute Gasteiger partial charge is 0.384 e. The number of hydrogen-bond donors (Lipinski definition) is 3. The van der Waals surface area contributed by atoms with E-state index in [1.807, 2.05) is 0 Å². The fraction of sp³-hybridized carbons (Fsp3) is 0.0714. The van der Waals surface area contributed by atoms with E-state index in [1.54, 1.807) is 19.1 Å². The maximum absolute atomic E-state index is 13.2. The first-order valence-electron chi connectivity index (χ1n) is 6.03. The van der Waals surface area contributed by atoms with Crippen LogP contribution >= 0.6 is 0 Å². The Labute approximate surface area is 122 Å². The Morgan fingerprint density at radius 3 is 2.52 bits per heavy atom. The Bertz CT molecular complexity index is 804. The summed E-state index contributed by atoms with van der Waals surface area (Å²) < 4.78 is 40.0. The molecule has 0 amide bonds. The van der Waals surface area contributed by atoms with E-state index in [-0.39, 0.29) is 16.4 Å². The highest BCUT2D eigenvalue weighted by Gasteiger charge is 2.18. The molecule has 0 saturated carbocycles. The summed E-state index contributed by atoms with van der Waals surface area (Å²) >= 11 is 0. The number of benzene rings is 2. The van der Waals surface area contributed by atoms with Crippen LogP contribution in [0.5, 0.6) is 0 Å². The second-order valence-electron chi connectivity index (χ2n) is 4.47. The molecule has 110 valence electrons. The predicted molar refractivity (Wildman–Crippen MR) is 79.4 cm³/mol. The number of rotatable bonds is 4. The van der Waals surface area contributed by atoms with Gasteiger partial charge in [0, 0.05) is 5.56 Å². The zero-order chi connectivity index (χ0) is 15.6. The van der Waals surface area contributed by atoms with Gasteiger partial charge in [0.25, 0.3) is 10.0 Å². The lowest BCUT2D eigenvalue weighted by molar-refractivity contribution is 0.595. The van der Waals surface area contributed by atoms with Crippen molar-refractivity contribution in [1.29, 1.82) is 5.41 Å². The van der Waals surface area contributed by atoms with Crippen LogP contribution in [0.2, 0.25) is 0 Å². The normalized spacial score (nSPS) is 11.1. The van der Waals surface area contributed by atoms with Crippen molar-refractivity contribution < 1.29 is 12.8 Å². The van der Waals surface area contributed by atoms with Crippen molar-refractivity contribution in [2.24, 2.45) is 5.73 Å². The lowest BCUT2D eigenvalue weighted by Crippen LogP contribution is -2.19. The quantitative estimate of drug-likeness (QED) is 0.597. The van der Waals surface area contributed by atoms with Crippen molar-refractivity contribution in [3.05, 3.63) is 59.4 Å². The first-order chi connectivity index (χ1) is 9.81. The predicted octanol–water partition coefficient (Wildman–Crippen LogP) is 2.22. The highest BCUT2D eigenvalue weighted by atomic mass is 32.2. The Morgan fingerprint density at radius 1 is 1.24 bits per heavy atom. The number of sulfonamides is 1. The summed E-state index contributed by atoms with van der Waals surface area (Å²) in [5.41, 5.74) is 6.64. The molecule has 0 aliphatic rings. The monoisotopic (exact) mass is 307 g/mol. The third-order valence-corrected chi connectivity index (χ3v) is 4.26. The second-order valence-corrected chi connectivity index (χ2v) is 6.16. The standard InChI is InChI=1S/C14H14FN3O2S/c1-9-4-2-7-12(13(9)14(16)17)18-21(19,20)11-6-3-5-10(15)8-11/h2-8,18H,1H3,(H3,16,17). The molecule has 0 heterocycles. The average Bonchev–Trinajstić information content (AvgIpc) is 2.37. The molecule has 21 heavy (non-hydrogen) atoms. The summed E-state index contributed by atoms with van der Waals surface area (Å²) in [6, 6.07) is 9.54. The number of hydrogen-bond acceptors (Lipinski definition) is 3. The van der Waals surface area contributed by atoms with Gasteiger partial charge in [-0.15, -0.1) is 0 Å². The molecule has 0 saturated heterocycles. The van der Waals surface area contributed by atoms with Gasteiger partial charge < -0.3 is 5.73 Å². The molecule has 7 heteroatoms. The Morgan fingerprint density at radius 2 is 1.90 bits per heavy atom. The fourth-order valence-corrected chi connectivity index (χ4v) is 3.05. The van der Waals surface area contributed by atoms with Crippen molar-refractivity contribution in [3.8, 4) is 0 Å². The van der Waals surface area contributed by atoms with Gasteiger partial charge in [0.05, 0.1) is 10.6 Å². The fourth-order valence-electron chi connectivity index (χ4n) is 1.95. The van der Waals surface area contributed by atoms with E-state index in [4.69, 9.17) is 11.1 Å². The molecular weight excluding hydrogens is 293 g/mol.